The van der Waals surface area contributed by atoms with Crippen LogP contribution in [0, 0.1) is 0 Å². The van der Waals surface area contributed by atoms with Gasteiger partial charge in [-0.3, -0.25) is 0 Å². The molecule has 2 aromatic rings. The molecule has 0 fully saturated rings. The average molecular weight is 275 g/mol. The predicted octanol–water partition coefficient (Wildman–Crippen LogP) is 3.12. The van der Waals surface area contributed by atoms with Crippen LogP contribution in [0.25, 0.3) is 11.0 Å². The fourth-order valence-corrected chi connectivity index (χ4v) is 2.53. The third-order valence-electron chi connectivity index (χ3n) is 3.54. The molecule has 110 valence electrons. The predicted molar refractivity (Wildman–Crippen MR) is 83.2 cm³/mol. The number of methoxy groups -OCH3 is 1. The molecule has 0 spiro atoms. The molecule has 0 bridgehead atoms. The van der Waals surface area contributed by atoms with Crippen molar-refractivity contribution in [3.63, 3.8) is 0 Å². The van der Waals surface area contributed by atoms with Crippen molar-refractivity contribution in [2.45, 2.75) is 52.1 Å². The third kappa shape index (κ3) is 3.31. The molecule has 1 aromatic heterocycles. The van der Waals surface area contributed by atoms with Gasteiger partial charge >= 0.3 is 0 Å². The van der Waals surface area contributed by atoms with Gasteiger partial charge in [0.1, 0.15) is 11.6 Å². The number of aromatic nitrogens is 2. The van der Waals surface area contributed by atoms with Crippen molar-refractivity contribution in [3.8, 4) is 5.75 Å². The van der Waals surface area contributed by atoms with E-state index < -0.39 is 0 Å². The largest absolute Gasteiger partial charge is 0.497 e. The van der Waals surface area contributed by atoms with E-state index in [-0.39, 0.29) is 6.04 Å². The standard InChI is InChI=1S/C16H25N3O/c1-4-10-19-15-9-8-13(20-3)11-14(15)18-16(19)7-5-6-12(2)17/h8-9,11-12H,4-7,10,17H2,1-3H3. The Hall–Kier alpha value is -1.55. The number of benzene rings is 1. The maximum atomic E-state index is 5.82. The summed E-state index contributed by atoms with van der Waals surface area (Å²) in [5.74, 6) is 2.02. The summed E-state index contributed by atoms with van der Waals surface area (Å²) in [5.41, 5.74) is 8.04. The molecule has 1 atom stereocenters. The SMILES string of the molecule is CCCn1c(CCCC(C)N)nc2cc(OC)ccc21. The summed E-state index contributed by atoms with van der Waals surface area (Å²) in [6.07, 6.45) is 4.22. The van der Waals surface area contributed by atoms with Crippen LogP contribution in [0.3, 0.4) is 0 Å². The summed E-state index contributed by atoms with van der Waals surface area (Å²) in [4.78, 5) is 4.78. The molecule has 0 aliphatic rings. The van der Waals surface area contributed by atoms with Gasteiger partial charge in [0.05, 0.1) is 18.1 Å². The highest BCUT2D eigenvalue weighted by Gasteiger charge is 2.11. The molecule has 20 heavy (non-hydrogen) atoms. The Balaban J connectivity index is 2.29. The van der Waals surface area contributed by atoms with E-state index in [9.17, 15) is 0 Å². The van der Waals surface area contributed by atoms with Gasteiger partial charge in [-0.05, 0) is 38.3 Å². The van der Waals surface area contributed by atoms with Gasteiger partial charge in [-0.15, -0.1) is 0 Å². The molecular weight excluding hydrogens is 250 g/mol. The van der Waals surface area contributed by atoms with Crippen LogP contribution < -0.4 is 10.5 Å². The summed E-state index contributed by atoms with van der Waals surface area (Å²) in [7, 11) is 1.69. The van der Waals surface area contributed by atoms with Crippen molar-refractivity contribution in [2.24, 2.45) is 5.73 Å². The minimum atomic E-state index is 0.263. The second-order valence-corrected chi connectivity index (χ2v) is 5.40. The van der Waals surface area contributed by atoms with Crippen LogP contribution in [-0.2, 0) is 13.0 Å². The summed E-state index contributed by atoms with van der Waals surface area (Å²) < 4.78 is 7.61. The first-order valence-electron chi connectivity index (χ1n) is 7.44. The van der Waals surface area contributed by atoms with Gasteiger partial charge in [0.25, 0.3) is 0 Å². The molecule has 2 rings (SSSR count). The van der Waals surface area contributed by atoms with Crippen molar-refractivity contribution in [3.05, 3.63) is 24.0 Å². The molecule has 0 aliphatic carbocycles. The maximum absolute atomic E-state index is 5.82. The van der Waals surface area contributed by atoms with Crippen LogP contribution in [0.15, 0.2) is 18.2 Å². The lowest BCUT2D eigenvalue weighted by Gasteiger charge is -2.08. The van der Waals surface area contributed by atoms with Gasteiger partial charge in [-0.2, -0.15) is 0 Å². The summed E-state index contributed by atoms with van der Waals surface area (Å²) in [6.45, 7) is 5.26. The van der Waals surface area contributed by atoms with E-state index in [0.29, 0.717) is 0 Å². The van der Waals surface area contributed by atoms with Crippen LogP contribution >= 0.6 is 0 Å². The van der Waals surface area contributed by atoms with Gasteiger partial charge in [-0.1, -0.05) is 6.92 Å². The number of imidazole rings is 1. The number of aryl methyl sites for hydroxylation is 2. The molecule has 1 aromatic carbocycles. The Bertz CT molecular complexity index is 560. The smallest absolute Gasteiger partial charge is 0.121 e. The van der Waals surface area contributed by atoms with Gasteiger partial charge in [0.15, 0.2) is 0 Å². The van der Waals surface area contributed by atoms with Gasteiger partial charge in [0, 0.05) is 25.1 Å². The number of nitrogens with zero attached hydrogens (tertiary/aromatic N) is 2. The zero-order valence-corrected chi connectivity index (χ0v) is 12.7. The zero-order chi connectivity index (χ0) is 14.5. The van der Waals surface area contributed by atoms with Crippen LogP contribution in [0.1, 0.15) is 38.9 Å². The number of nitrogens with two attached hydrogens (primary N) is 1. The summed E-state index contributed by atoms with van der Waals surface area (Å²) in [5, 5.41) is 0. The van der Waals surface area contributed by atoms with Crippen LogP contribution in [0.4, 0.5) is 0 Å². The van der Waals surface area contributed by atoms with Crippen LogP contribution in [-0.4, -0.2) is 22.7 Å². The number of ether oxygens (including phenoxy) is 1. The Morgan fingerprint density at radius 1 is 1.40 bits per heavy atom. The summed E-state index contributed by atoms with van der Waals surface area (Å²) >= 11 is 0. The zero-order valence-electron chi connectivity index (χ0n) is 12.7. The number of rotatable bonds is 7. The number of hydrogen-bond donors (Lipinski definition) is 1. The van der Waals surface area contributed by atoms with E-state index in [2.05, 4.69) is 24.5 Å². The van der Waals surface area contributed by atoms with Gasteiger partial charge in [0.2, 0.25) is 0 Å². The molecule has 1 heterocycles. The second kappa shape index (κ2) is 6.75. The number of fused-ring (bicyclic) bond motifs is 1. The first-order chi connectivity index (χ1) is 9.65. The summed E-state index contributed by atoms with van der Waals surface area (Å²) in [6, 6.07) is 6.38. The van der Waals surface area contributed by atoms with E-state index in [1.54, 1.807) is 7.11 Å². The molecule has 0 aliphatic heterocycles. The Morgan fingerprint density at radius 3 is 2.85 bits per heavy atom. The minimum absolute atomic E-state index is 0.263. The third-order valence-corrected chi connectivity index (χ3v) is 3.54. The average Bonchev–Trinajstić information content (AvgIpc) is 2.76. The molecule has 0 saturated carbocycles. The van der Waals surface area contributed by atoms with Crippen LogP contribution in [0.5, 0.6) is 5.75 Å². The van der Waals surface area contributed by atoms with E-state index in [1.165, 1.54) is 5.52 Å². The van der Waals surface area contributed by atoms with Crippen molar-refractivity contribution >= 4 is 11.0 Å². The molecular formula is C16H25N3O. The minimum Gasteiger partial charge on any atom is -0.497 e. The topological polar surface area (TPSA) is 53.1 Å². The van der Waals surface area contributed by atoms with Gasteiger partial charge < -0.3 is 15.0 Å². The van der Waals surface area contributed by atoms with E-state index in [1.807, 2.05) is 12.1 Å². The quantitative estimate of drug-likeness (QED) is 0.844. The number of hydrogen-bond acceptors (Lipinski definition) is 3. The fraction of sp³-hybridized carbons (Fsp3) is 0.562. The lowest BCUT2D eigenvalue weighted by Crippen LogP contribution is -2.15. The molecule has 4 nitrogen and oxygen atoms in total. The van der Waals surface area contributed by atoms with Crippen molar-refractivity contribution in [2.75, 3.05) is 7.11 Å². The Morgan fingerprint density at radius 2 is 2.20 bits per heavy atom. The van der Waals surface area contributed by atoms with Crippen molar-refractivity contribution in [1.82, 2.24) is 9.55 Å². The molecule has 0 radical (unpaired) electrons. The van der Waals surface area contributed by atoms with E-state index >= 15 is 0 Å². The van der Waals surface area contributed by atoms with Gasteiger partial charge in [-0.25, -0.2) is 4.98 Å². The molecule has 2 N–H and O–H groups in total. The van der Waals surface area contributed by atoms with Crippen molar-refractivity contribution in [1.29, 1.82) is 0 Å². The Kier molecular flexibility index (Phi) is 5.01. The highest BCUT2D eigenvalue weighted by molar-refractivity contribution is 5.77. The van der Waals surface area contributed by atoms with Crippen molar-refractivity contribution < 1.29 is 4.74 Å². The first kappa shape index (κ1) is 14.9. The molecule has 0 amide bonds. The molecule has 1 unspecified atom stereocenters. The van der Waals surface area contributed by atoms with E-state index in [0.717, 1.165) is 49.3 Å². The lowest BCUT2D eigenvalue weighted by atomic mass is 10.1. The Labute approximate surface area is 120 Å². The monoisotopic (exact) mass is 275 g/mol. The first-order valence-corrected chi connectivity index (χ1v) is 7.44. The molecule has 0 saturated heterocycles. The highest BCUT2D eigenvalue weighted by atomic mass is 16.5. The maximum Gasteiger partial charge on any atom is 0.121 e. The second-order valence-electron chi connectivity index (χ2n) is 5.40. The normalized spacial score (nSPS) is 12.8. The molecule has 4 heteroatoms. The van der Waals surface area contributed by atoms with Crippen LogP contribution in [0.2, 0.25) is 0 Å². The van der Waals surface area contributed by atoms with E-state index in [4.69, 9.17) is 15.5 Å². The lowest BCUT2D eigenvalue weighted by molar-refractivity contribution is 0.415. The highest BCUT2D eigenvalue weighted by Crippen LogP contribution is 2.23. The fourth-order valence-electron chi connectivity index (χ4n) is 2.53.